The summed E-state index contributed by atoms with van der Waals surface area (Å²) >= 11 is 0. The van der Waals surface area contributed by atoms with Crippen molar-refractivity contribution in [2.45, 2.75) is 19.1 Å². The maximum absolute atomic E-state index is 13.5. The molecule has 1 aromatic heterocycles. The highest BCUT2D eigenvalue weighted by molar-refractivity contribution is 6.09. The van der Waals surface area contributed by atoms with Gasteiger partial charge in [-0.1, -0.05) is 66.7 Å². The zero-order valence-corrected chi connectivity index (χ0v) is 16.4. The van der Waals surface area contributed by atoms with Gasteiger partial charge in [0.15, 0.2) is 5.60 Å². The number of hydrogen-bond acceptors (Lipinski definition) is 4. The van der Waals surface area contributed by atoms with Gasteiger partial charge in [-0.3, -0.25) is 4.79 Å². The predicted molar refractivity (Wildman–Crippen MR) is 114 cm³/mol. The molecule has 0 fully saturated rings. The number of aryl methyl sites for hydroxylation is 1. The third-order valence-electron chi connectivity index (χ3n) is 5.55. The van der Waals surface area contributed by atoms with Crippen LogP contribution in [0.5, 0.6) is 0 Å². The van der Waals surface area contributed by atoms with E-state index in [4.69, 9.17) is 4.42 Å². The molecule has 5 nitrogen and oxygen atoms in total. The van der Waals surface area contributed by atoms with Crippen LogP contribution in [0.15, 0.2) is 89.3 Å². The lowest BCUT2D eigenvalue weighted by atomic mass is 9.88. The van der Waals surface area contributed by atoms with E-state index in [9.17, 15) is 9.90 Å². The minimum Gasteiger partial charge on any atom is -0.441 e. The Morgan fingerprint density at radius 3 is 2.30 bits per heavy atom. The molecule has 0 spiro atoms. The van der Waals surface area contributed by atoms with E-state index in [1.165, 1.54) is 0 Å². The van der Waals surface area contributed by atoms with Crippen molar-refractivity contribution in [2.24, 2.45) is 0 Å². The summed E-state index contributed by atoms with van der Waals surface area (Å²) in [6.45, 7) is 2.05. The zero-order valence-electron chi connectivity index (χ0n) is 16.4. The lowest BCUT2D eigenvalue weighted by Gasteiger charge is -2.23. The minimum absolute atomic E-state index is 0.215. The fourth-order valence-electron chi connectivity index (χ4n) is 3.98. The molecule has 0 radical (unpaired) electrons. The van der Waals surface area contributed by atoms with Crippen LogP contribution < -0.4 is 4.90 Å². The van der Waals surface area contributed by atoms with Crippen LogP contribution in [0.4, 0.5) is 5.69 Å². The van der Waals surface area contributed by atoms with Gasteiger partial charge in [-0.2, -0.15) is 0 Å². The van der Waals surface area contributed by atoms with Gasteiger partial charge >= 0.3 is 0 Å². The Balaban J connectivity index is 1.55. The monoisotopic (exact) mass is 396 g/mol. The Morgan fingerprint density at radius 2 is 1.57 bits per heavy atom. The van der Waals surface area contributed by atoms with E-state index in [1.54, 1.807) is 23.1 Å². The van der Waals surface area contributed by atoms with Crippen LogP contribution in [0.3, 0.4) is 0 Å². The first kappa shape index (κ1) is 18.3. The lowest BCUT2D eigenvalue weighted by molar-refractivity contribution is -0.132. The minimum atomic E-state index is -1.72. The summed E-state index contributed by atoms with van der Waals surface area (Å²) < 4.78 is 5.86. The van der Waals surface area contributed by atoms with Gasteiger partial charge in [-0.05, 0) is 30.7 Å². The van der Waals surface area contributed by atoms with Crippen molar-refractivity contribution in [3.8, 4) is 11.5 Å². The number of oxazole rings is 1. The number of anilines is 1. The van der Waals surface area contributed by atoms with E-state index in [0.29, 0.717) is 34.2 Å². The number of carbonyl (C=O) groups excluding carboxylic acids is 1. The van der Waals surface area contributed by atoms with Crippen molar-refractivity contribution in [1.29, 1.82) is 0 Å². The van der Waals surface area contributed by atoms with Crippen LogP contribution in [-0.2, 0) is 16.9 Å². The van der Waals surface area contributed by atoms with Gasteiger partial charge in [0, 0.05) is 11.1 Å². The number of nitrogens with zero attached hydrogens (tertiary/aromatic N) is 2. The Morgan fingerprint density at radius 1 is 0.933 bits per heavy atom. The molecule has 0 saturated heterocycles. The summed E-state index contributed by atoms with van der Waals surface area (Å²) in [6, 6.07) is 26.0. The molecule has 1 amide bonds. The number of aliphatic hydroxyl groups is 1. The summed E-state index contributed by atoms with van der Waals surface area (Å²) in [5.74, 6) is 0.772. The number of rotatable bonds is 4. The summed E-state index contributed by atoms with van der Waals surface area (Å²) in [6.07, 6.45) is 0. The van der Waals surface area contributed by atoms with Gasteiger partial charge in [0.1, 0.15) is 11.5 Å². The molecule has 1 atom stereocenters. The summed E-state index contributed by atoms with van der Waals surface area (Å²) in [4.78, 5) is 19.7. The van der Waals surface area contributed by atoms with E-state index in [1.807, 2.05) is 73.7 Å². The number of benzene rings is 3. The first-order valence-corrected chi connectivity index (χ1v) is 9.80. The molecule has 148 valence electrons. The number of amides is 1. The molecule has 0 unspecified atom stereocenters. The number of carbonyl (C=O) groups is 1. The smallest absolute Gasteiger partial charge is 0.268 e. The molecule has 0 saturated carbocycles. The number of fused-ring (bicyclic) bond motifs is 1. The predicted octanol–water partition coefficient (Wildman–Crippen LogP) is 4.43. The second kappa shape index (κ2) is 6.97. The molecule has 5 rings (SSSR count). The van der Waals surface area contributed by atoms with Crippen LogP contribution in [0, 0.1) is 6.92 Å². The Labute approximate surface area is 174 Å². The Kier molecular flexibility index (Phi) is 4.26. The summed E-state index contributed by atoms with van der Waals surface area (Å²) in [7, 11) is 0. The number of hydrogen-bond donors (Lipinski definition) is 1. The maximum Gasteiger partial charge on any atom is 0.268 e. The van der Waals surface area contributed by atoms with Gasteiger partial charge in [0.05, 0.1) is 12.2 Å². The van der Waals surface area contributed by atoms with Crippen molar-refractivity contribution >= 4 is 11.6 Å². The third kappa shape index (κ3) is 2.75. The molecule has 3 aromatic carbocycles. The van der Waals surface area contributed by atoms with E-state index in [2.05, 4.69) is 4.98 Å². The van der Waals surface area contributed by atoms with Crippen LogP contribution in [-0.4, -0.2) is 16.0 Å². The van der Waals surface area contributed by atoms with E-state index < -0.39 is 11.5 Å². The Hall–Kier alpha value is -3.70. The molecular formula is C25H20N2O3. The number of para-hydroxylation sites is 1. The van der Waals surface area contributed by atoms with Gasteiger partial charge in [-0.25, -0.2) is 4.98 Å². The fraction of sp³-hybridized carbons (Fsp3) is 0.120. The van der Waals surface area contributed by atoms with Crippen LogP contribution in [0.2, 0.25) is 0 Å². The SMILES string of the molecule is Cc1oc(-c2ccccc2)nc1CN1C(=O)[C@](O)(c2ccccc2)c2ccccc21. The Bertz CT molecular complexity index is 1220. The number of aromatic nitrogens is 1. The highest BCUT2D eigenvalue weighted by atomic mass is 16.4. The molecule has 2 heterocycles. The lowest BCUT2D eigenvalue weighted by Crippen LogP contribution is -2.41. The van der Waals surface area contributed by atoms with Crippen LogP contribution in [0.1, 0.15) is 22.6 Å². The third-order valence-corrected chi connectivity index (χ3v) is 5.55. The van der Waals surface area contributed by atoms with Gasteiger partial charge in [0.25, 0.3) is 5.91 Å². The van der Waals surface area contributed by atoms with Gasteiger partial charge in [-0.15, -0.1) is 0 Å². The highest BCUT2D eigenvalue weighted by Gasteiger charge is 2.51. The first-order valence-electron chi connectivity index (χ1n) is 9.80. The molecule has 0 aliphatic carbocycles. The topological polar surface area (TPSA) is 66.6 Å². The molecule has 5 heteroatoms. The van der Waals surface area contributed by atoms with Crippen LogP contribution >= 0.6 is 0 Å². The summed E-state index contributed by atoms with van der Waals surface area (Å²) in [5.41, 5.74) is 1.61. The van der Waals surface area contributed by atoms with Crippen molar-refractivity contribution < 1.29 is 14.3 Å². The normalized spacial score (nSPS) is 17.9. The largest absolute Gasteiger partial charge is 0.441 e. The van der Waals surface area contributed by atoms with E-state index in [0.717, 1.165) is 5.56 Å². The molecule has 30 heavy (non-hydrogen) atoms. The zero-order chi connectivity index (χ0) is 20.7. The standard InChI is InChI=1S/C25H20N2O3/c1-17-21(26-23(30-17)18-10-4-2-5-11-18)16-27-22-15-9-8-14-20(22)25(29,24(27)28)19-12-6-3-7-13-19/h2-15,29H,16H2,1H3/t25-/m0/s1. The second-order valence-electron chi connectivity index (χ2n) is 7.37. The summed E-state index contributed by atoms with van der Waals surface area (Å²) in [5, 5.41) is 11.5. The van der Waals surface area contributed by atoms with Crippen LogP contribution in [0.25, 0.3) is 11.5 Å². The average Bonchev–Trinajstić information content (AvgIpc) is 3.27. The first-order chi connectivity index (χ1) is 14.6. The molecule has 0 bridgehead atoms. The van der Waals surface area contributed by atoms with Gasteiger partial charge in [0.2, 0.25) is 5.89 Å². The van der Waals surface area contributed by atoms with Crippen molar-refractivity contribution in [2.75, 3.05) is 4.90 Å². The van der Waals surface area contributed by atoms with Gasteiger partial charge < -0.3 is 14.4 Å². The fourth-order valence-corrected chi connectivity index (χ4v) is 3.98. The second-order valence-corrected chi connectivity index (χ2v) is 7.37. The molecule has 1 aliphatic rings. The van der Waals surface area contributed by atoms with Crippen molar-refractivity contribution in [3.63, 3.8) is 0 Å². The highest BCUT2D eigenvalue weighted by Crippen LogP contribution is 2.45. The molecule has 1 aliphatic heterocycles. The molecule has 1 N–H and O–H groups in total. The molecule has 4 aromatic rings. The van der Waals surface area contributed by atoms with Crippen molar-refractivity contribution in [1.82, 2.24) is 4.98 Å². The molecular weight excluding hydrogens is 376 g/mol. The maximum atomic E-state index is 13.5. The quantitative estimate of drug-likeness (QED) is 0.554. The van der Waals surface area contributed by atoms with E-state index in [-0.39, 0.29) is 6.54 Å². The van der Waals surface area contributed by atoms with Crippen molar-refractivity contribution in [3.05, 3.63) is 108 Å². The van der Waals surface area contributed by atoms with E-state index >= 15 is 0 Å². The average molecular weight is 396 g/mol.